The van der Waals surface area contributed by atoms with E-state index in [0.29, 0.717) is 24.7 Å². The van der Waals surface area contributed by atoms with Gasteiger partial charge in [0.1, 0.15) is 13.2 Å². The third-order valence-electron chi connectivity index (χ3n) is 3.92. The van der Waals surface area contributed by atoms with E-state index < -0.39 is 17.8 Å². The molecule has 1 heterocycles. The summed E-state index contributed by atoms with van der Waals surface area (Å²) in [5.41, 5.74) is -0.728. The molecule has 0 bridgehead atoms. The summed E-state index contributed by atoms with van der Waals surface area (Å²) in [4.78, 5) is 24.5. The van der Waals surface area contributed by atoms with Crippen LogP contribution < -0.4 is 19.7 Å². The Kier molecular flexibility index (Phi) is 4.93. The SMILES string of the molecule is Cc1ccc(NC(=O)N(C=O)c2ccc3c(c2)OCCO3)cc1C(F)(F)F. The molecule has 1 aliphatic heterocycles. The molecule has 3 rings (SSSR count). The monoisotopic (exact) mass is 380 g/mol. The number of halogens is 3. The minimum absolute atomic E-state index is 0.0274. The predicted molar refractivity (Wildman–Crippen MR) is 91.2 cm³/mol. The van der Waals surface area contributed by atoms with Crippen molar-refractivity contribution in [3.8, 4) is 11.5 Å². The first kappa shape index (κ1) is 18.6. The van der Waals surface area contributed by atoms with E-state index in [-0.39, 0.29) is 23.3 Å². The highest BCUT2D eigenvalue weighted by atomic mass is 19.4. The zero-order valence-electron chi connectivity index (χ0n) is 14.2. The number of aryl methyl sites for hydroxylation is 1. The zero-order valence-corrected chi connectivity index (χ0v) is 14.2. The number of nitrogens with zero attached hydrogens (tertiary/aromatic N) is 1. The van der Waals surface area contributed by atoms with Gasteiger partial charge in [-0.25, -0.2) is 9.69 Å². The number of amides is 3. The first-order valence-electron chi connectivity index (χ1n) is 7.92. The topological polar surface area (TPSA) is 67.9 Å². The molecule has 0 aromatic heterocycles. The van der Waals surface area contributed by atoms with Gasteiger partial charge >= 0.3 is 12.2 Å². The number of nitrogens with one attached hydrogen (secondary N) is 1. The number of fused-ring (bicyclic) bond motifs is 1. The summed E-state index contributed by atoms with van der Waals surface area (Å²) >= 11 is 0. The second-order valence-electron chi connectivity index (χ2n) is 5.76. The Morgan fingerprint density at radius 2 is 1.81 bits per heavy atom. The summed E-state index contributed by atoms with van der Waals surface area (Å²) in [6, 6.07) is 6.94. The number of hydrogen-bond donors (Lipinski definition) is 1. The minimum Gasteiger partial charge on any atom is -0.486 e. The molecular weight excluding hydrogens is 365 g/mol. The molecule has 0 aliphatic carbocycles. The van der Waals surface area contributed by atoms with Crippen LogP contribution in [0.2, 0.25) is 0 Å². The lowest BCUT2D eigenvalue weighted by molar-refractivity contribution is -0.138. The van der Waals surface area contributed by atoms with E-state index in [1.807, 2.05) is 0 Å². The molecule has 2 aromatic carbocycles. The fourth-order valence-corrected chi connectivity index (χ4v) is 2.60. The van der Waals surface area contributed by atoms with Crippen LogP contribution in [0.5, 0.6) is 11.5 Å². The van der Waals surface area contributed by atoms with Crippen molar-refractivity contribution in [2.45, 2.75) is 13.1 Å². The number of carbonyl (C=O) groups excluding carboxylic acids is 2. The lowest BCUT2D eigenvalue weighted by atomic mass is 10.1. The minimum atomic E-state index is -4.55. The van der Waals surface area contributed by atoms with Gasteiger partial charge in [0.25, 0.3) is 0 Å². The molecule has 142 valence electrons. The molecule has 3 amide bonds. The number of alkyl halides is 3. The molecule has 0 unspecified atom stereocenters. The Bertz CT molecular complexity index is 883. The van der Waals surface area contributed by atoms with Crippen LogP contribution in [0.25, 0.3) is 0 Å². The first-order valence-corrected chi connectivity index (χ1v) is 7.92. The molecule has 0 saturated carbocycles. The number of carbonyl (C=O) groups is 2. The van der Waals surface area contributed by atoms with Crippen molar-refractivity contribution in [3.63, 3.8) is 0 Å². The largest absolute Gasteiger partial charge is 0.486 e. The summed E-state index contributed by atoms with van der Waals surface area (Å²) in [7, 11) is 0. The van der Waals surface area contributed by atoms with Crippen LogP contribution in [0.15, 0.2) is 36.4 Å². The van der Waals surface area contributed by atoms with Crippen molar-refractivity contribution in [2.75, 3.05) is 23.4 Å². The Hall–Kier alpha value is -3.23. The van der Waals surface area contributed by atoms with Gasteiger partial charge in [0.05, 0.1) is 11.3 Å². The fourth-order valence-electron chi connectivity index (χ4n) is 2.60. The van der Waals surface area contributed by atoms with Crippen molar-refractivity contribution in [1.82, 2.24) is 0 Å². The summed E-state index contributed by atoms with van der Waals surface area (Å²) in [5.74, 6) is 0.845. The average Bonchev–Trinajstić information content (AvgIpc) is 2.63. The Balaban J connectivity index is 1.83. The van der Waals surface area contributed by atoms with E-state index in [4.69, 9.17) is 9.47 Å². The number of urea groups is 1. The van der Waals surface area contributed by atoms with Gasteiger partial charge in [-0.2, -0.15) is 13.2 Å². The van der Waals surface area contributed by atoms with E-state index in [1.54, 1.807) is 6.07 Å². The van der Waals surface area contributed by atoms with E-state index >= 15 is 0 Å². The smallest absolute Gasteiger partial charge is 0.416 e. The van der Waals surface area contributed by atoms with Crippen LogP contribution in [0.3, 0.4) is 0 Å². The van der Waals surface area contributed by atoms with E-state index in [0.717, 1.165) is 11.0 Å². The van der Waals surface area contributed by atoms with Crippen molar-refractivity contribution in [2.24, 2.45) is 0 Å². The van der Waals surface area contributed by atoms with Gasteiger partial charge in [-0.3, -0.25) is 4.79 Å². The van der Waals surface area contributed by atoms with Crippen molar-refractivity contribution in [3.05, 3.63) is 47.5 Å². The van der Waals surface area contributed by atoms with E-state index in [1.165, 1.54) is 31.2 Å². The second-order valence-corrected chi connectivity index (χ2v) is 5.76. The third-order valence-corrected chi connectivity index (χ3v) is 3.92. The van der Waals surface area contributed by atoms with Crippen LogP contribution in [-0.2, 0) is 11.0 Å². The normalized spacial score (nSPS) is 13.0. The van der Waals surface area contributed by atoms with Gasteiger partial charge in [-0.05, 0) is 36.8 Å². The maximum Gasteiger partial charge on any atom is 0.416 e. The van der Waals surface area contributed by atoms with Gasteiger partial charge in [0.15, 0.2) is 11.5 Å². The first-order chi connectivity index (χ1) is 12.8. The van der Waals surface area contributed by atoms with Crippen LogP contribution in [0.1, 0.15) is 11.1 Å². The maximum absolute atomic E-state index is 13.0. The highest BCUT2D eigenvalue weighted by Gasteiger charge is 2.32. The second kappa shape index (κ2) is 7.18. The number of benzene rings is 2. The molecule has 0 radical (unpaired) electrons. The third kappa shape index (κ3) is 3.97. The van der Waals surface area contributed by atoms with E-state index in [9.17, 15) is 22.8 Å². The summed E-state index contributed by atoms with van der Waals surface area (Å²) in [6.45, 7) is 2.04. The number of rotatable bonds is 3. The molecule has 6 nitrogen and oxygen atoms in total. The van der Waals surface area contributed by atoms with E-state index in [2.05, 4.69) is 5.32 Å². The van der Waals surface area contributed by atoms with Gasteiger partial charge < -0.3 is 14.8 Å². The van der Waals surface area contributed by atoms with Gasteiger partial charge in [-0.1, -0.05) is 6.07 Å². The molecular formula is C18H15F3N2O4. The Morgan fingerprint density at radius 3 is 2.48 bits per heavy atom. The molecule has 2 aromatic rings. The molecule has 27 heavy (non-hydrogen) atoms. The molecule has 0 spiro atoms. The van der Waals surface area contributed by atoms with Gasteiger partial charge in [0.2, 0.25) is 6.41 Å². The highest BCUT2D eigenvalue weighted by Crippen LogP contribution is 2.35. The number of imide groups is 1. The molecule has 1 N–H and O–H groups in total. The van der Waals surface area contributed by atoms with Crippen molar-refractivity contribution < 1.29 is 32.2 Å². The molecule has 0 saturated heterocycles. The lowest BCUT2D eigenvalue weighted by Crippen LogP contribution is -2.34. The fraction of sp³-hybridized carbons (Fsp3) is 0.222. The Labute approximate surface area is 152 Å². The van der Waals surface area contributed by atoms with Crippen LogP contribution in [-0.4, -0.2) is 25.7 Å². The molecule has 9 heteroatoms. The highest BCUT2D eigenvalue weighted by molar-refractivity contribution is 6.12. The summed E-state index contributed by atoms with van der Waals surface area (Å²) < 4.78 is 49.8. The quantitative estimate of drug-likeness (QED) is 0.818. The zero-order chi connectivity index (χ0) is 19.6. The summed E-state index contributed by atoms with van der Waals surface area (Å²) in [6.07, 6.45) is -4.29. The lowest BCUT2D eigenvalue weighted by Gasteiger charge is -2.22. The number of ether oxygens (including phenoxy) is 2. The van der Waals surface area contributed by atoms with Gasteiger partial charge in [-0.15, -0.1) is 0 Å². The molecule has 0 atom stereocenters. The van der Waals surface area contributed by atoms with Crippen LogP contribution in [0.4, 0.5) is 29.3 Å². The Morgan fingerprint density at radius 1 is 1.11 bits per heavy atom. The van der Waals surface area contributed by atoms with Crippen molar-refractivity contribution in [1.29, 1.82) is 0 Å². The molecule has 1 aliphatic rings. The standard InChI is InChI=1S/C18H15F3N2O4/c1-11-2-3-12(8-14(11)18(19,20)21)22-17(25)23(10-24)13-4-5-15-16(9-13)27-7-6-26-15/h2-5,8-10H,6-7H2,1H3,(H,22,25). The average molecular weight is 380 g/mol. The number of hydrogen-bond acceptors (Lipinski definition) is 4. The van der Waals surface area contributed by atoms with Crippen molar-refractivity contribution >= 4 is 23.8 Å². The number of anilines is 2. The van der Waals surface area contributed by atoms with Crippen LogP contribution >= 0.6 is 0 Å². The molecule has 0 fully saturated rings. The maximum atomic E-state index is 13.0. The van der Waals surface area contributed by atoms with Crippen LogP contribution in [0, 0.1) is 6.92 Å². The predicted octanol–water partition coefficient (Wildman–Crippen LogP) is 3.98. The van der Waals surface area contributed by atoms with Gasteiger partial charge in [0, 0.05) is 11.8 Å². The summed E-state index contributed by atoms with van der Waals surface area (Å²) in [5, 5.41) is 2.29.